The molecule has 1 amide bonds. The maximum Gasteiger partial charge on any atom is 0.239 e. The lowest BCUT2D eigenvalue weighted by molar-refractivity contribution is -0.123. The molecule has 0 bridgehead atoms. The highest BCUT2D eigenvalue weighted by Crippen LogP contribution is 2.14. The first-order valence-electron chi connectivity index (χ1n) is 7.57. The van der Waals surface area contributed by atoms with Crippen molar-refractivity contribution in [3.63, 3.8) is 0 Å². The lowest BCUT2D eigenvalue weighted by Crippen LogP contribution is -2.43. The predicted molar refractivity (Wildman–Crippen MR) is 96.1 cm³/mol. The van der Waals surface area contributed by atoms with Crippen LogP contribution in [-0.4, -0.2) is 25.7 Å². The molecule has 0 saturated carbocycles. The zero-order valence-electron chi connectivity index (χ0n) is 13.9. The SMILES string of the molecule is COC[C@@H](N)C(=O)NCc1ccc(COc2cccc(F)c2)cc1.Cl. The summed E-state index contributed by atoms with van der Waals surface area (Å²) in [4.78, 5) is 11.7. The summed E-state index contributed by atoms with van der Waals surface area (Å²) in [7, 11) is 1.50. The van der Waals surface area contributed by atoms with Crippen LogP contribution in [0, 0.1) is 5.82 Å². The van der Waals surface area contributed by atoms with E-state index >= 15 is 0 Å². The van der Waals surface area contributed by atoms with E-state index in [-0.39, 0.29) is 30.7 Å². The maximum atomic E-state index is 13.1. The fourth-order valence-corrected chi connectivity index (χ4v) is 2.05. The number of nitrogens with two attached hydrogens (primary N) is 1. The van der Waals surface area contributed by atoms with E-state index < -0.39 is 6.04 Å². The normalized spacial score (nSPS) is 11.3. The van der Waals surface area contributed by atoms with Gasteiger partial charge in [-0.1, -0.05) is 30.3 Å². The summed E-state index contributed by atoms with van der Waals surface area (Å²) < 4.78 is 23.4. The highest BCUT2D eigenvalue weighted by Gasteiger charge is 2.12. The van der Waals surface area contributed by atoms with Gasteiger partial charge in [-0.05, 0) is 23.3 Å². The van der Waals surface area contributed by atoms with Crippen molar-refractivity contribution in [2.75, 3.05) is 13.7 Å². The summed E-state index contributed by atoms with van der Waals surface area (Å²) in [5, 5.41) is 2.75. The highest BCUT2D eigenvalue weighted by molar-refractivity contribution is 5.85. The van der Waals surface area contributed by atoms with Gasteiger partial charge < -0.3 is 20.5 Å². The molecule has 0 aliphatic carbocycles. The molecule has 0 heterocycles. The molecular formula is C18H22ClFN2O3. The molecule has 0 radical (unpaired) electrons. The maximum absolute atomic E-state index is 13.1. The van der Waals surface area contributed by atoms with Crippen molar-refractivity contribution in [3.05, 3.63) is 65.5 Å². The Morgan fingerprint density at radius 2 is 1.88 bits per heavy atom. The van der Waals surface area contributed by atoms with E-state index in [1.807, 2.05) is 24.3 Å². The largest absolute Gasteiger partial charge is 0.489 e. The van der Waals surface area contributed by atoms with Gasteiger partial charge in [0.05, 0.1) is 6.61 Å². The molecule has 0 aliphatic rings. The van der Waals surface area contributed by atoms with Crippen molar-refractivity contribution in [3.8, 4) is 5.75 Å². The van der Waals surface area contributed by atoms with Gasteiger partial charge in [0.1, 0.15) is 24.2 Å². The second kappa shape index (κ2) is 10.7. The molecule has 2 aromatic carbocycles. The molecule has 0 fully saturated rings. The van der Waals surface area contributed by atoms with Crippen LogP contribution in [0.1, 0.15) is 11.1 Å². The first-order chi connectivity index (χ1) is 11.6. The van der Waals surface area contributed by atoms with Gasteiger partial charge in [0, 0.05) is 19.7 Å². The molecule has 7 heteroatoms. The Morgan fingerprint density at radius 1 is 1.20 bits per heavy atom. The third-order valence-electron chi connectivity index (χ3n) is 3.37. The average Bonchev–Trinajstić information content (AvgIpc) is 2.59. The van der Waals surface area contributed by atoms with Gasteiger partial charge in [-0.15, -0.1) is 12.4 Å². The molecular weight excluding hydrogens is 347 g/mol. The quantitative estimate of drug-likeness (QED) is 0.750. The number of hydrogen-bond acceptors (Lipinski definition) is 4. The lowest BCUT2D eigenvalue weighted by atomic mass is 10.1. The van der Waals surface area contributed by atoms with Crippen LogP contribution in [0.5, 0.6) is 5.75 Å². The van der Waals surface area contributed by atoms with Crippen LogP contribution >= 0.6 is 12.4 Å². The summed E-state index contributed by atoms with van der Waals surface area (Å²) in [5.74, 6) is -0.0981. The Morgan fingerprint density at radius 3 is 2.52 bits per heavy atom. The Kier molecular flexibility index (Phi) is 8.91. The van der Waals surface area contributed by atoms with E-state index in [2.05, 4.69) is 5.32 Å². The zero-order valence-corrected chi connectivity index (χ0v) is 14.7. The number of carbonyl (C=O) groups is 1. The van der Waals surface area contributed by atoms with E-state index in [0.29, 0.717) is 18.9 Å². The summed E-state index contributed by atoms with van der Waals surface area (Å²) in [6, 6.07) is 12.9. The van der Waals surface area contributed by atoms with Gasteiger partial charge >= 0.3 is 0 Å². The standard InChI is InChI=1S/C18H21FN2O3.ClH/c1-23-12-17(20)18(22)21-10-13-5-7-14(8-6-13)11-24-16-4-2-3-15(19)9-16;/h2-9,17H,10-12,20H2,1H3,(H,21,22);1H/t17-;/m1./s1. The smallest absolute Gasteiger partial charge is 0.239 e. The molecule has 2 rings (SSSR count). The lowest BCUT2D eigenvalue weighted by Gasteiger charge is -2.11. The minimum atomic E-state index is -0.672. The minimum absolute atomic E-state index is 0. The fraction of sp³-hybridized carbons (Fsp3) is 0.278. The van der Waals surface area contributed by atoms with Crippen LogP contribution in [-0.2, 0) is 22.7 Å². The van der Waals surface area contributed by atoms with Crippen LogP contribution in [0.4, 0.5) is 4.39 Å². The monoisotopic (exact) mass is 368 g/mol. The number of ether oxygens (including phenoxy) is 2. The van der Waals surface area contributed by atoms with E-state index in [1.54, 1.807) is 12.1 Å². The van der Waals surface area contributed by atoms with Gasteiger partial charge in [-0.25, -0.2) is 4.39 Å². The molecule has 0 unspecified atom stereocenters. The van der Waals surface area contributed by atoms with Crippen molar-refractivity contribution in [2.24, 2.45) is 5.73 Å². The number of amides is 1. The topological polar surface area (TPSA) is 73.6 Å². The Balaban J connectivity index is 0.00000312. The molecule has 2 aromatic rings. The molecule has 0 spiro atoms. The predicted octanol–water partition coefficient (Wildman–Crippen LogP) is 2.42. The molecule has 1 atom stereocenters. The number of nitrogens with one attached hydrogen (secondary N) is 1. The number of carbonyl (C=O) groups excluding carboxylic acids is 1. The third-order valence-corrected chi connectivity index (χ3v) is 3.37. The van der Waals surface area contributed by atoms with Gasteiger partial charge in [0.2, 0.25) is 5.91 Å². The summed E-state index contributed by atoms with van der Waals surface area (Å²) in [6.07, 6.45) is 0. The first-order valence-corrected chi connectivity index (χ1v) is 7.57. The molecule has 5 nitrogen and oxygen atoms in total. The highest BCUT2D eigenvalue weighted by atomic mass is 35.5. The summed E-state index contributed by atoms with van der Waals surface area (Å²) in [5.41, 5.74) is 7.54. The molecule has 3 N–H and O–H groups in total. The Bertz CT molecular complexity index is 668. The van der Waals surface area contributed by atoms with Gasteiger partial charge in [0.25, 0.3) is 0 Å². The molecule has 0 aromatic heterocycles. The van der Waals surface area contributed by atoms with Gasteiger partial charge in [-0.3, -0.25) is 4.79 Å². The molecule has 0 aliphatic heterocycles. The number of halogens is 2. The molecule has 136 valence electrons. The number of rotatable bonds is 8. The van der Waals surface area contributed by atoms with Crippen molar-refractivity contribution >= 4 is 18.3 Å². The van der Waals surface area contributed by atoms with Gasteiger partial charge in [-0.2, -0.15) is 0 Å². The van der Waals surface area contributed by atoms with E-state index in [9.17, 15) is 9.18 Å². The molecule has 25 heavy (non-hydrogen) atoms. The van der Waals surface area contributed by atoms with Crippen molar-refractivity contribution in [1.29, 1.82) is 0 Å². The van der Waals surface area contributed by atoms with E-state index in [1.165, 1.54) is 19.2 Å². The van der Waals surface area contributed by atoms with Crippen LogP contribution in [0.15, 0.2) is 48.5 Å². The van der Waals surface area contributed by atoms with Crippen molar-refractivity contribution in [2.45, 2.75) is 19.2 Å². The Labute approximate surface area is 152 Å². The van der Waals surface area contributed by atoms with E-state index in [4.69, 9.17) is 15.2 Å². The Hall–Kier alpha value is -2.15. The summed E-state index contributed by atoms with van der Waals surface area (Å²) in [6.45, 7) is 0.915. The average molecular weight is 369 g/mol. The number of hydrogen-bond donors (Lipinski definition) is 2. The second-order valence-electron chi connectivity index (χ2n) is 5.34. The van der Waals surface area contributed by atoms with E-state index in [0.717, 1.165) is 11.1 Å². The van der Waals surface area contributed by atoms with Crippen LogP contribution in [0.2, 0.25) is 0 Å². The van der Waals surface area contributed by atoms with Gasteiger partial charge in [0.15, 0.2) is 0 Å². The van der Waals surface area contributed by atoms with Crippen molar-refractivity contribution < 1.29 is 18.7 Å². The first kappa shape index (κ1) is 20.9. The second-order valence-corrected chi connectivity index (χ2v) is 5.34. The summed E-state index contributed by atoms with van der Waals surface area (Å²) >= 11 is 0. The van der Waals surface area contributed by atoms with Crippen LogP contribution < -0.4 is 15.8 Å². The number of methoxy groups -OCH3 is 1. The van der Waals surface area contributed by atoms with Crippen LogP contribution in [0.3, 0.4) is 0 Å². The molecule has 0 saturated heterocycles. The van der Waals surface area contributed by atoms with Crippen molar-refractivity contribution in [1.82, 2.24) is 5.32 Å². The minimum Gasteiger partial charge on any atom is -0.489 e. The number of benzene rings is 2. The fourth-order valence-electron chi connectivity index (χ4n) is 2.05. The zero-order chi connectivity index (χ0) is 17.4. The van der Waals surface area contributed by atoms with Crippen LogP contribution in [0.25, 0.3) is 0 Å². The third kappa shape index (κ3) is 7.09.